The summed E-state index contributed by atoms with van der Waals surface area (Å²) in [5.41, 5.74) is -0.0236. The molecule has 0 saturated heterocycles. The first-order valence-electron chi connectivity index (χ1n) is 5.29. The lowest BCUT2D eigenvalue weighted by Gasteiger charge is -2.12. The van der Waals surface area contributed by atoms with Crippen LogP contribution in [0.5, 0.6) is 0 Å². The van der Waals surface area contributed by atoms with E-state index in [4.69, 9.17) is 4.74 Å². The quantitative estimate of drug-likeness (QED) is 0.371. The lowest BCUT2D eigenvalue weighted by atomic mass is 10.2. The minimum absolute atomic E-state index is 0.112. The lowest BCUT2D eigenvalue weighted by molar-refractivity contribution is -0.384. The molecule has 1 N–H and O–H groups in total. The highest BCUT2D eigenvalue weighted by atomic mass is 16.6. The molecular formula is C12H12N2O5. The molecule has 0 saturated carbocycles. The fourth-order valence-electron chi connectivity index (χ4n) is 1.25. The van der Waals surface area contributed by atoms with Crippen LogP contribution in [0.3, 0.4) is 0 Å². The number of nitrogens with one attached hydrogen (secondary N) is 1. The van der Waals surface area contributed by atoms with Crippen molar-refractivity contribution in [1.29, 1.82) is 0 Å². The van der Waals surface area contributed by atoms with Crippen molar-refractivity contribution in [2.24, 2.45) is 0 Å². The van der Waals surface area contributed by atoms with Crippen LogP contribution in [0.1, 0.15) is 10.4 Å². The number of hydrogen-bond donors (Lipinski definition) is 1. The predicted molar refractivity (Wildman–Crippen MR) is 66.6 cm³/mol. The molecule has 0 aliphatic heterocycles. The van der Waals surface area contributed by atoms with Gasteiger partial charge in [0.15, 0.2) is 6.10 Å². The third-order valence-electron chi connectivity index (χ3n) is 2.27. The molecule has 1 unspecified atom stereocenters. The summed E-state index contributed by atoms with van der Waals surface area (Å²) in [5, 5.41) is 12.8. The number of rotatable bonds is 5. The number of non-ortho nitro benzene ring substituents is 1. The molecular weight excluding hydrogens is 252 g/mol. The molecule has 7 nitrogen and oxygen atoms in total. The van der Waals surface area contributed by atoms with Crippen molar-refractivity contribution in [3.8, 4) is 0 Å². The number of esters is 1. The van der Waals surface area contributed by atoms with Crippen LogP contribution in [0, 0.1) is 10.1 Å². The second-order valence-corrected chi connectivity index (χ2v) is 3.48. The zero-order chi connectivity index (χ0) is 14.4. The summed E-state index contributed by atoms with van der Waals surface area (Å²) in [6.07, 6.45) is 0.0787. The number of amides is 1. The van der Waals surface area contributed by atoms with Crippen molar-refractivity contribution in [2.45, 2.75) is 6.10 Å². The maximum absolute atomic E-state index is 11.7. The molecule has 0 bridgehead atoms. The topological polar surface area (TPSA) is 98.5 Å². The van der Waals surface area contributed by atoms with E-state index >= 15 is 0 Å². The number of hydrogen-bond acceptors (Lipinski definition) is 5. The molecule has 0 heterocycles. The molecule has 7 heteroatoms. The van der Waals surface area contributed by atoms with Crippen molar-refractivity contribution >= 4 is 17.6 Å². The molecule has 19 heavy (non-hydrogen) atoms. The molecule has 1 aromatic rings. The third-order valence-corrected chi connectivity index (χ3v) is 2.27. The summed E-state index contributed by atoms with van der Waals surface area (Å²) < 4.78 is 4.90. The zero-order valence-corrected chi connectivity index (χ0v) is 10.2. The molecule has 0 aromatic heterocycles. The average molecular weight is 264 g/mol. The molecule has 1 atom stereocenters. The number of carbonyl (C=O) groups is 2. The van der Waals surface area contributed by atoms with E-state index in [1.54, 1.807) is 0 Å². The van der Waals surface area contributed by atoms with Gasteiger partial charge in [-0.25, -0.2) is 4.79 Å². The molecule has 1 amide bonds. The van der Waals surface area contributed by atoms with Crippen molar-refractivity contribution in [1.82, 2.24) is 5.32 Å². The van der Waals surface area contributed by atoms with E-state index in [0.717, 1.165) is 0 Å². The summed E-state index contributed by atoms with van der Waals surface area (Å²) in [6, 6.07) is 4.87. The second-order valence-electron chi connectivity index (χ2n) is 3.48. The molecule has 0 spiro atoms. The second kappa shape index (κ2) is 6.29. The Balaban J connectivity index is 2.80. The van der Waals surface area contributed by atoms with Gasteiger partial charge < -0.3 is 10.1 Å². The number of carbonyl (C=O) groups excluding carboxylic acids is 2. The number of nitro benzene ring substituents is 1. The van der Waals surface area contributed by atoms with Crippen LogP contribution in [0.4, 0.5) is 5.69 Å². The van der Waals surface area contributed by atoms with Gasteiger partial charge in [-0.15, -0.1) is 0 Å². The normalized spacial score (nSPS) is 11.2. The monoisotopic (exact) mass is 264 g/mol. The third kappa shape index (κ3) is 3.63. The number of nitro groups is 1. The summed E-state index contributed by atoms with van der Waals surface area (Å²) in [7, 11) is 1.40. The van der Waals surface area contributed by atoms with Gasteiger partial charge in [0.2, 0.25) is 0 Å². The minimum atomic E-state index is -1.10. The Bertz CT molecular complexity index is 509. The standard InChI is InChI=1S/C12H12N2O5/c1-3-10(11(15)13-2)19-12(16)8-4-6-9(7-5-8)14(17)18/h3-7,10H,1H2,2H3,(H,13,15). The summed E-state index contributed by atoms with van der Waals surface area (Å²) in [6.45, 7) is 3.39. The van der Waals surface area contributed by atoms with Crippen LogP contribution in [0.2, 0.25) is 0 Å². The van der Waals surface area contributed by atoms with Gasteiger partial charge in [0.05, 0.1) is 10.5 Å². The SMILES string of the molecule is C=CC(OC(=O)c1ccc([N+](=O)[O-])cc1)C(=O)NC. The van der Waals surface area contributed by atoms with E-state index < -0.39 is 22.9 Å². The first-order valence-corrected chi connectivity index (χ1v) is 5.29. The van der Waals surface area contributed by atoms with E-state index in [0.29, 0.717) is 0 Å². The molecule has 0 aliphatic rings. The highest BCUT2D eigenvalue weighted by Crippen LogP contribution is 2.13. The van der Waals surface area contributed by atoms with Gasteiger partial charge in [0, 0.05) is 19.2 Å². The first-order chi connectivity index (χ1) is 8.99. The van der Waals surface area contributed by atoms with Crippen LogP contribution < -0.4 is 5.32 Å². The maximum atomic E-state index is 11.7. The van der Waals surface area contributed by atoms with E-state index in [2.05, 4.69) is 11.9 Å². The smallest absolute Gasteiger partial charge is 0.339 e. The molecule has 0 radical (unpaired) electrons. The fraction of sp³-hybridized carbons (Fsp3) is 0.167. The van der Waals surface area contributed by atoms with Crippen LogP contribution in [0.25, 0.3) is 0 Å². The van der Waals surface area contributed by atoms with Gasteiger partial charge in [-0.05, 0) is 18.2 Å². The van der Waals surface area contributed by atoms with E-state index in [1.165, 1.54) is 37.4 Å². The Morgan fingerprint density at radius 3 is 2.42 bits per heavy atom. The first kappa shape index (κ1) is 14.4. The van der Waals surface area contributed by atoms with Crippen LogP contribution in [-0.2, 0) is 9.53 Å². The van der Waals surface area contributed by atoms with Gasteiger partial charge >= 0.3 is 5.97 Å². The lowest BCUT2D eigenvalue weighted by Crippen LogP contribution is -2.34. The van der Waals surface area contributed by atoms with Crippen LogP contribution in [-0.4, -0.2) is 30.0 Å². The Labute approximate surface area is 109 Å². The van der Waals surface area contributed by atoms with Gasteiger partial charge in [0.25, 0.3) is 11.6 Å². The van der Waals surface area contributed by atoms with Gasteiger partial charge in [-0.1, -0.05) is 6.58 Å². The zero-order valence-electron chi connectivity index (χ0n) is 10.2. The molecule has 0 aliphatic carbocycles. The number of nitrogens with zero attached hydrogens (tertiary/aromatic N) is 1. The van der Waals surface area contributed by atoms with E-state index in [-0.39, 0.29) is 11.3 Å². The largest absolute Gasteiger partial charge is 0.444 e. The predicted octanol–water partition coefficient (Wildman–Crippen LogP) is 1.05. The molecule has 100 valence electrons. The summed E-state index contributed by atoms with van der Waals surface area (Å²) in [5.74, 6) is -1.27. The Morgan fingerprint density at radius 1 is 1.42 bits per heavy atom. The number of likely N-dealkylation sites (N-methyl/N-ethyl adjacent to an activating group) is 1. The van der Waals surface area contributed by atoms with Crippen molar-refractivity contribution in [2.75, 3.05) is 7.05 Å². The van der Waals surface area contributed by atoms with E-state index in [1.807, 2.05) is 0 Å². The summed E-state index contributed by atoms with van der Waals surface area (Å²) in [4.78, 5) is 32.9. The Kier molecular flexibility index (Phi) is 4.76. The minimum Gasteiger partial charge on any atom is -0.444 e. The fourth-order valence-corrected chi connectivity index (χ4v) is 1.25. The maximum Gasteiger partial charge on any atom is 0.339 e. The number of benzene rings is 1. The van der Waals surface area contributed by atoms with Crippen molar-refractivity contribution < 1.29 is 19.2 Å². The van der Waals surface area contributed by atoms with Crippen LogP contribution >= 0.6 is 0 Å². The van der Waals surface area contributed by atoms with E-state index in [9.17, 15) is 19.7 Å². The van der Waals surface area contributed by atoms with Gasteiger partial charge in [-0.3, -0.25) is 14.9 Å². The highest BCUT2D eigenvalue weighted by Gasteiger charge is 2.19. The van der Waals surface area contributed by atoms with Gasteiger partial charge in [-0.2, -0.15) is 0 Å². The number of ether oxygens (including phenoxy) is 1. The Hall–Kier alpha value is -2.70. The van der Waals surface area contributed by atoms with Gasteiger partial charge in [0.1, 0.15) is 0 Å². The molecule has 1 rings (SSSR count). The van der Waals surface area contributed by atoms with Crippen molar-refractivity contribution in [3.63, 3.8) is 0 Å². The van der Waals surface area contributed by atoms with Crippen LogP contribution in [0.15, 0.2) is 36.9 Å². The summed E-state index contributed by atoms with van der Waals surface area (Å²) >= 11 is 0. The average Bonchev–Trinajstić information content (AvgIpc) is 2.43. The highest BCUT2D eigenvalue weighted by molar-refractivity contribution is 5.93. The molecule has 0 fully saturated rings. The van der Waals surface area contributed by atoms with Crippen molar-refractivity contribution in [3.05, 3.63) is 52.6 Å². The Morgan fingerprint density at radius 2 is 2.00 bits per heavy atom. The molecule has 1 aromatic carbocycles.